The van der Waals surface area contributed by atoms with E-state index in [0.29, 0.717) is 11.1 Å². The monoisotopic (exact) mass is 365 g/mol. The van der Waals surface area contributed by atoms with Crippen LogP contribution in [0.15, 0.2) is 22.7 Å². The van der Waals surface area contributed by atoms with E-state index in [9.17, 15) is 0 Å². The average molecular weight is 367 g/mol. The number of aromatic nitrogens is 2. The number of halogens is 2. The Hall–Kier alpha value is -0.970. The molecule has 0 bridgehead atoms. The van der Waals surface area contributed by atoms with Crippen LogP contribution in [-0.2, 0) is 6.54 Å². The molecule has 1 aliphatic rings. The van der Waals surface area contributed by atoms with Gasteiger partial charge in [-0.15, -0.1) is 0 Å². The lowest BCUT2D eigenvalue weighted by molar-refractivity contribution is 0.675. The first kappa shape index (κ1) is 14.9. The normalized spacial score (nSPS) is 14.5. The van der Waals surface area contributed by atoms with Crippen LogP contribution in [0.5, 0.6) is 0 Å². The Labute approximate surface area is 138 Å². The highest BCUT2D eigenvalue weighted by molar-refractivity contribution is 9.10. The van der Waals surface area contributed by atoms with E-state index < -0.39 is 0 Å². The Morgan fingerprint density at radius 3 is 2.48 bits per heavy atom. The van der Waals surface area contributed by atoms with Crippen molar-refractivity contribution in [3.05, 3.63) is 44.6 Å². The highest BCUT2D eigenvalue weighted by Crippen LogP contribution is 2.28. The van der Waals surface area contributed by atoms with Crippen molar-refractivity contribution in [2.45, 2.75) is 39.3 Å². The van der Waals surface area contributed by atoms with E-state index in [2.05, 4.69) is 31.2 Å². The van der Waals surface area contributed by atoms with E-state index in [0.717, 1.165) is 33.8 Å². The maximum atomic E-state index is 6.04. The van der Waals surface area contributed by atoms with Gasteiger partial charge in [0.25, 0.3) is 0 Å². The third kappa shape index (κ3) is 3.44. The van der Waals surface area contributed by atoms with Crippen LogP contribution in [0.3, 0.4) is 0 Å². The Kier molecular flexibility index (Phi) is 4.29. The summed E-state index contributed by atoms with van der Waals surface area (Å²) in [6.07, 6.45) is 2.58. The van der Waals surface area contributed by atoms with Crippen molar-refractivity contribution in [2.75, 3.05) is 0 Å². The second-order valence-corrected chi connectivity index (χ2v) is 6.74. The lowest BCUT2D eigenvalue weighted by atomic mass is 10.1. The van der Waals surface area contributed by atoms with Crippen molar-refractivity contribution in [3.8, 4) is 11.4 Å². The zero-order chi connectivity index (χ0) is 15.0. The second-order valence-electron chi connectivity index (χ2n) is 5.48. The smallest absolute Gasteiger partial charge is 0.159 e. The SMILES string of the molecule is Cc1nc(-c2ccc(Cl)c(Br)c2)nc(C)c1CNC1CC1. The molecule has 0 radical (unpaired) electrons. The van der Waals surface area contributed by atoms with Gasteiger partial charge in [-0.3, -0.25) is 0 Å². The molecule has 21 heavy (non-hydrogen) atoms. The number of aryl methyl sites for hydroxylation is 2. The molecule has 1 aliphatic carbocycles. The van der Waals surface area contributed by atoms with E-state index in [4.69, 9.17) is 11.6 Å². The van der Waals surface area contributed by atoms with Crippen molar-refractivity contribution >= 4 is 27.5 Å². The van der Waals surface area contributed by atoms with Gasteiger partial charge in [0, 0.05) is 39.6 Å². The summed E-state index contributed by atoms with van der Waals surface area (Å²) in [6, 6.07) is 6.45. The van der Waals surface area contributed by atoms with Crippen LogP contribution in [0, 0.1) is 13.8 Å². The summed E-state index contributed by atoms with van der Waals surface area (Å²) in [5, 5.41) is 4.22. The molecule has 0 atom stereocenters. The molecule has 1 fully saturated rings. The first-order valence-corrected chi connectivity index (χ1v) is 8.24. The Balaban J connectivity index is 1.90. The van der Waals surface area contributed by atoms with E-state index in [1.807, 2.05) is 32.0 Å². The summed E-state index contributed by atoms with van der Waals surface area (Å²) in [7, 11) is 0. The molecule has 3 nitrogen and oxygen atoms in total. The quantitative estimate of drug-likeness (QED) is 0.870. The fourth-order valence-electron chi connectivity index (χ4n) is 2.29. The molecule has 0 aliphatic heterocycles. The van der Waals surface area contributed by atoms with Crippen LogP contribution in [-0.4, -0.2) is 16.0 Å². The van der Waals surface area contributed by atoms with E-state index in [-0.39, 0.29) is 0 Å². The van der Waals surface area contributed by atoms with Gasteiger partial charge in [0.2, 0.25) is 0 Å². The minimum absolute atomic E-state index is 0.690. The first-order valence-electron chi connectivity index (χ1n) is 7.07. The molecule has 5 heteroatoms. The van der Waals surface area contributed by atoms with Crippen LogP contribution in [0.4, 0.5) is 0 Å². The average Bonchev–Trinajstić information content (AvgIpc) is 3.25. The van der Waals surface area contributed by atoms with E-state index >= 15 is 0 Å². The Bertz CT molecular complexity index is 660. The topological polar surface area (TPSA) is 37.8 Å². The summed E-state index contributed by atoms with van der Waals surface area (Å²) in [5.74, 6) is 0.748. The fraction of sp³-hybridized carbons (Fsp3) is 0.375. The van der Waals surface area contributed by atoms with E-state index in [1.54, 1.807) is 0 Å². The predicted octanol–water partition coefficient (Wildman–Crippen LogP) is 4.43. The summed E-state index contributed by atoms with van der Waals surface area (Å²) in [5.41, 5.74) is 4.26. The van der Waals surface area contributed by atoms with Gasteiger partial charge >= 0.3 is 0 Å². The third-order valence-electron chi connectivity index (χ3n) is 3.74. The Morgan fingerprint density at radius 1 is 1.24 bits per heavy atom. The minimum atomic E-state index is 0.690. The Morgan fingerprint density at radius 2 is 1.90 bits per heavy atom. The van der Waals surface area contributed by atoms with Crippen molar-refractivity contribution in [3.63, 3.8) is 0 Å². The number of rotatable bonds is 4. The van der Waals surface area contributed by atoms with E-state index in [1.165, 1.54) is 18.4 Å². The third-order valence-corrected chi connectivity index (χ3v) is 4.96. The van der Waals surface area contributed by atoms with Crippen LogP contribution in [0.25, 0.3) is 11.4 Å². The number of nitrogens with one attached hydrogen (secondary N) is 1. The number of nitrogens with zero attached hydrogens (tertiary/aromatic N) is 2. The lowest BCUT2D eigenvalue weighted by Gasteiger charge is -2.12. The molecule has 0 amide bonds. The van der Waals surface area contributed by atoms with Gasteiger partial charge in [0.15, 0.2) is 5.82 Å². The molecule has 1 aromatic heterocycles. The van der Waals surface area contributed by atoms with Gasteiger partial charge in [-0.25, -0.2) is 9.97 Å². The molecule has 1 heterocycles. The molecule has 1 N–H and O–H groups in total. The number of hydrogen-bond donors (Lipinski definition) is 1. The van der Waals surface area contributed by atoms with Gasteiger partial charge in [0.05, 0.1) is 5.02 Å². The molecule has 0 spiro atoms. The van der Waals surface area contributed by atoms with Crippen molar-refractivity contribution in [1.29, 1.82) is 0 Å². The predicted molar refractivity (Wildman–Crippen MR) is 89.5 cm³/mol. The minimum Gasteiger partial charge on any atom is -0.310 e. The summed E-state index contributed by atoms with van der Waals surface area (Å²) in [6.45, 7) is 4.95. The maximum Gasteiger partial charge on any atom is 0.159 e. The van der Waals surface area contributed by atoms with Gasteiger partial charge < -0.3 is 5.32 Å². The molecule has 2 aromatic rings. The van der Waals surface area contributed by atoms with Gasteiger partial charge in [-0.2, -0.15) is 0 Å². The molecule has 3 rings (SSSR count). The molecular formula is C16H17BrClN3. The summed E-state index contributed by atoms with van der Waals surface area (Å²) < 4.78 is 0.861. The highest BCUT2D eigenvalue weighted by atomic mass is 79.9. The lowest BCUT2D eigenvalue weighted by Crippen LogP contribution is -2.18. The zero-order valence-electron chi connectivity index (χ0n) is 12.1. The number of benzene rings is 1. The molecular weight excluding hydrogens is 350 g/mol. The van der Waals surface area contributed by atoms with Crippen molar-refractivity contribution in [1.82, 2.24) is 15.3 Å². The molecule has 1 saturated carbocycles. The number of hydrogen-bond acceptors (Lipinski definition) is 3. The molecule has 110 valence electrons. The van der Waals surface area contributed by atoms with Crippen LogP contribution >= 0.6 is 27.5 Å². The van der Waals surface area contributed by atoms with Crippen LogP contribution in [0.2, 0.25) is 5.02 Å². The van der Waals surface area contributed by atoms with Crippen LogP contribution in [0.1, 0.15) is 29.8 Å². The fourth-order valence-corrected chi connectivity index (χ4v) is 2.79. The second kappa shape index (κ2) is 6.03. The largest absolute Gasteiger partial charge is 0.310 e. The van der Waals surface area contributed by atoms with Gasteiger partial charge in [-0.1, -0.05) is 11.6 Å². The molecule has 0 saturated heterocycles. The summed E-state index contributed by atoms with van der Waals surface area (Å²) >= 11 is 9.48. The molecule has 0 unspecified atom stereocenters. The van der Waals surface area contributed by atoms with Gasteiger partial charge in [0.1, 0.15) is 0 Å². The van der Waals surface area contributed by atoms with Gasteiger partial charge in [-0.05, 0) is 60.8 Å². The maximum absolute atomic E-state index is 6.04. The van der Waals surface area contributed by atoms with Crippen LogP contribution < -0.4 is 5.32 Å². The highest BCUT2D eigenvalue weighted by Gasteiger charge is 2.21. The van der Waals surface area contributed by atoms with Crippen molar-refractivity contribution in [2.24, 2.45) is 0 Å². The standard InChI is InChI=1S/C16H17BrClN3/c1-9-13(8-19-12-4-5-12)10(2)21-16(20-9)11-3-6-15(18)14(17)7-11/h3,6-7,12,19H,4-5,8H2,1-2H3. The first-order chi connectivity index (χ1) is 10.0. The van der Waals surface area contributed by atoms with Crippen molar-refractivity contribution < 1.29 is 0 Å². The zero-order valence-corrected chi connectivity index (χ0v) is 14.4. The molecule has 1 aromatic carbocycles. The summed E-state index contributed by atoms with van der Waals surface area (Å²) in [4.78, 5) is 9.32.